The fourth-order valence-corrected chi connectivity index (χ4v) is 2.74. The molecule has 0 radical (unpaired) electrons. The summed E-state index contributed by atoms with van der Waals surface area (Å²) in [5.41, 5.74) is 0. The van der Waals surface area contributed by atoms with E-state index in [-0.39, 0.29) is 0 Å². The summed E-state index contributed by atoms with van der Waals surface area (Å²) in [6, 6.07) is 0. The van der Waals surface area contributed by atoms with Crippen LogP contribution in [-0.4, -0.2) is 37.3 Å². The molecule has 0 amide bonds. The number of ether oxygens (including phenoxy) is 1. The molecule has 1 saturated heterocycles. The van der Waals surface area contributed by atoms with E-state index in [9.17, 15) is 0 Å². The van der Waals surface area contributed by atoms with Crippen molar-refractivity contribution >= 4 is 11.8 Å². The number of nitrogens with one attached hydrogen (secondary N) is 1. The number of hydrogen-bond donors (Lipinski definition) is 1. The lowest BCUT2D eigenvalue weighted by Crippen LogP contribution is -2.20. The second-order valence-electron chi connectivity index (χ2n) is 4.36. The van der Waals surface area contributed by atoms with E-state index in [1.807, 2.05) is 11.8 Å². The highest BCUT2D eigenvalue weighted by molar-refractivity contribution is 7.99. The maximum absolute atomic E-state index is 5.57. The van der Waals surface area contributed by atoms with Gasteiger partial charge in [-0.2, -0.15) is 11.8 Å². The summed E-state index contributed by atoms with van der Waals surface area (Å²) >= 11 is 2.04. The molecular weight excluding hydrogens is 194 g/mol. The predicted molar refractivity (Wildman–Crippen MR) is 61.9 cm³/mol. The molecule has 82 valence electrons. The smallest absolute Gasteiger partial charge is 0.0666 e. The second kappa shape index (κ2) is 5.99. The maximum Gasteiger partial charge on any atom is 0.0666 e. The van der Waals surface area contributed by atoms with Crippen LogP contribution in [0.1, 0.15) is 25.7 Å². The first kappa shape index (κ1) is 10.8. The van der Waals surface area contributed by atoms with Gasteiger partial charge in [0.25, 0.3) is 0 Å². The van der Waals surface area contributed by atoms with Crippen LogP contribution in [0.3, 0.4) is 0 Å². The largest absolute Gasteiger partial charge is 0.377 e. The molecule has 0 aromatic heterocycles. The van der Waals surface area contributed by atoms with Gasteiger partial charge in [0.05, 0.1) is 6.10 Å². The van der Waals surface area contributed by atoms with E-state index < -0.39 is 0 Å². The summed E-state index contributed by atoms with van der Waals surface area (Å²) in [5.74, 6) is 3.45. The van der Waals surface area contributed by atoms with Crippen LogP contribution in [0, 0.1) is 5.92 Å². The van der Waals surface area contributed by atoms with E-state index >= 15 is 0 Å². The molecular formula is C11H21NOS. The Morgan fingerprint density at radius 1 is 1.29 bits per heavy atom. The molecule has 2 rings (SSSR count). The highest BCUT2D eigenvalue weighted by atomic mass is 32.2. The maximum atomic E-state index is 5.57. The third-order valence-corrected chi connectivity index (χ3v) is 3.98. The van der Waals surface area contributed by atoms with Crippen LogP contribution >= 0.6 is 11.8 Å². The lowest BCUT2D eigenvalue weighted by atomic mass is 10.3. The standard InChI is InChI=1S/C11H21NOS/c1-2-11(13-6-1)9-14-7-5-12-8-10-3-4-10/h10-12H,1-9H2. The van der Waals surface area contributed by atoms with Gasteiger partial charge in [0.15, 0.2) is 0 Å². The second-order valence-corrected chi connectivity index (χ2v) is 5.51. The first-order valence-corrected chi connectivity index (χ1v) is 7.00. The Hall–Kier alpha value is 0.270. The molecule has 1 saturated carbocycles. The third-order valence-electron chi connectivity index (χ3n) is 2.88. The minimum Gasteiger partial charge on any atom is -0.377 e. The van der Waals surface area contributed by atoms with Gasteiger partial charge in [0, 0.05) is 24.7 Å². The van der Waals surface area contributed by atoms with Crippen LogP contribution in [-0.2, 0) is 4.74 Å². The van der Waals surface area contributed by atoms with Crippen LogP contribution in [0.4, 0.5) is 0 Å². The van der Waals surface area contributed by atoms with E-state index in [1.165, 1.54) is 50.3 Å². The van der Waals surface area contributed by atoms with Crippen molar-refractivity contribution in [1.82, 2.24) is 5.32 Å². The van der Waals surface area contributed by atoms with E-state index in [1.54, 1.807) is 0 Å². The molecule has 1 heterocycles. The molecule has 0 aromatic carbocycles. The van der Waals surface area contributed by atoms with Crippen molar-refractivity contribution in [2.45, 2.75) is 31.8 Å². The summed E-state index contributed by atoms with van der Waals surface area (Å²) in [6.07, 6.45) is 6.02. The molecule has 1 aliphatic carbocycles. The summed E-state index contributed by atoms with van der Waals surface area (Å²) in [5, 5.41) is 3.51. The summed E-state index contributed by atoms with van der Waals surface area (Å²) in [4.78, 5) is 0. The molecule has 2 aliphatic rings. The molecule has 14 heavy (non-hydrogen) atoms. The van der Waals surface area contributed by atoms with E-state index in [4.69, 9.17) is 4.74 Å². The van der Waals surface area contributed by atoms with Gasteiger partial charge in [0.1, 0.15) is 0 Å². The predicted octanol–water partition coefficient (Wildman–Crippen LogP) is 1.90. The highest BCUT2D eigenvalue weighted by Crippen LogP contribution is 2.27. The molecule has 1 aliphatic heterocycles. The monoisotopic (exact) mass is 215 g/mol. The molecule has 1 N–H and O–H groups in total. The van der Waals surface area contributed by atoms with Crippen molar-refractivity contribution in [3.05, 3.63) is 0 Å². The molecule has 0 spiro atoms. The van der Waals surface area contributed by atoms with E-state index in [0.717, 1.165) is 12.5 Å². The average molecular weight is 215 g/mol. The van der Waals surface area contributed by atoms with Gasteiger partial charge in [-0.15, -0.1) is 0 Å². The van der Waals surface area contributed by atoms with Crippen LogP contribution in [0.25, 0.3) is 0 Å². The van der Waals surface area contributed by atoms with Gasteiger partial charge in [-0.25, -0.2) is 0 Å². The van der Waals surface area contributed by atoms with Crippen molar-refractivity contribution in [1.29, 1.82) is 0 Å². The number of rotatable bonds is 7. The Labute approximate surface area is 91.2 Å². The van der Waals surface area contributed by atoms with Gasteiger partial charge < -0.3 is 10.1 Å². The topological polar surface area (TPSA) is 21.3 Å². The molecule has 3 heteroatoms. The Balaban J connectivity index is 1.35. The zero-order valence-corrected chi connectivity index (χ0v) is 9.65. The third kappa shape index (κ3) is 4.20. The SMILES string of the molecule is C1COC(CSCCNCC2CC2)C1. The minimum absolute atomic E-state index is 0.559. The Morgan fingerprint density at radius 3 is 2.93 bits per heavy atom. The Kier molecular flexibility index (Phi) is 4.61. The minimum atomic E-state index is 0.559. The van der Waals surface area contributed by atoms with Gasteiger partial charge in [-0.05, 0) is 38.1 Å². The summed E-state index contributed by atoms with van der Waals surface area (Å²) in [7, 11) is 0. The average Bonchev–Trinajstić information content (AvgIpc) is 2.87. The van der Waals surface area contributed by atoms with Gasteiger partial charge in [0.2, 0.25) is 0 Å². The first-order valence-electron chi connectivity index (χ1n) is 5.85. The zero-order chi connectivity index (χ0) is 9.64. The van der Waals surface area contributed by atoms with Gasteiger partial charge >= 0.3 is 0 Å². The molecule has 1 atom stereocenters. The zero-order valence-electron chi connectivity index (χ0n) is 8.84. The van der Waals surface area contributed by atoms with E-state index in [0.29, 0.717) is 6.10 Å². The number of thioether (sulfide) groups is 1. The molecule has 2 nitrogen and oxygen atoms in total. The lowest BCUT2D eigenvalue weighted by Gasteiger charge is -2.08. The number of hydrogen-bond acceptors (Lipinski definition) is 3. The van der Waals surface area contributed by atoms with Gasteiger partial charge in [-0.1, -0.05) is 0 Å². The normalized spacial score (nSPS) is 27.0. The lowest BCUT2D eigenvalue weighted by molar-refractivity contribution is 0.129. The molecule has 1 unspecified atom stereocenters. The van der Waals surface area contributed by atoms with Crippen LogP contribution < -0.4 is 5.32 Å². The molecule has 2 fully saturated rings. The Morgan fingerprint density at radius 2 is 2.21 bits per heavy atom. The summed E-state index contributed by atoms with van der Waals surface area (Å²) < 4.78 is 5.57. The Bertz CT molecular complexity index is 155. The first-order chi connectivity index (χ1) is 6.95. The van der Waals surface area contributed by atoms with E-state index in [2.05, 4.69) is 5.32 Å². The fraction of sp³-hybridized carbons (Fsp3) is 1.00. The quantitative estimate of drug-likeness (QED) is 0.655. The van der Waals surface area contributed by atoms with Crippen LogP contribution in [0.2, 0.25) is 0 Å². The van der Waals surface area contributed by atoms with Crippen LogP contribution in [0.15, 0.2) is 0 Å². The molecule has 0 aromatic rings. The highest BCUT2D eigenvalue weighted by Gasteiger charge is 2.20. The van der Waals surface area contributed by atoms with Crippen molar-refractivity contribution in [2.75, 3.05) is 31.2 Å². The van der Waals surface area contributed by atoms with Crippen LogP contribution in [0.5, 0.6) is 0 Å². The van der Waals surface area contributed by atoms with Crippen molar-refractivity contribution in [3.8, 4) is 0 Å². The van der Waals surface area contributed by atoms with Crippen molar-refractivity contribution < 1.29 is 4.74 Å². The molecule has 0 bridgehead atoms. The van der Waals surface area contributed by atoms with Gasteiger partial charge in [-0.3, -0.25) is 0 Å². The summed E-state index contributed by atoms with van der Waals surface area (Å²) in [6.45, 7) is 3.42. The van der Waals surface area contributed by atoms with Crippen molar-refractivity contribution in [2.24, 2.45) is 5.92 Å². The van der Waals surface area contributed by atoms with Crippen molar-refractivity contribution in [3.63, 3.8) is 0 Å². The fourth-order valence-electron chi connectivity index (χ4n) is 1.76.